The molecule has 4 rings (SSSR count). The first-order valence-corrected chi connectivity index (χ1v) is 9.09. The molecule has 0 spiro atoms. The molecular formula is C20H18F3N5O. The number of pyridine rings is 2. The van der Waals surface area contributed by atoms with Crippen LogP contribution in [0.25, 0.3) is 10.8 Å². The number of rotatable bonds is 3. The molecule has 1 aromatic carbocycles. The first-order valence-electron chi connectivity index (χ1n) is 9.09. The van der Waals surface area contributed by atoms with Crippen LogP contribution in [0.4, 0.5) is 29.6 Å². The van der Waals surface area contributed by atoms with Gasteiger partial charge in [0.05, 0.1) is 5.56 Å². The van der Waals surface area contributed by atoms with E-state index in [1.807, 2.05) is 29.2 Å². The first-order chi connectivity index (χ1) is 13.9. The molecular weight excluding hydrogens is 383 g/mol. The monoisotopic (exact) mass is 401 g/mol. The van der Waals surface area contributed by atoms with Crippen molar-refractivity contribution in [2.75, 3.05) is 23.3 Å². The molecule has 1 aliphatic heterocycles. The van der Waals surface area contributed by atoms with E-state index < -0.39 is 11.7 Å². The second-order valence-electron chi connectivity index (χ2n) is 6.85. The number of aromatic nitrogens is 2. The van der Waals surface area contributed by atoms with Crippen molar-refractivity contribution in [3.8, 4) is 0 Å². The number of halogens is 3. The first kappa shape index (κ1) is 19.0. The van der Waals surface area contributed by atoms with Crippen molar-refractivity contribution in [3.63, 3.8) is 0 Å². The Morgan fingerprint density at radius 1 is 1.07 bits per heavy atom. The Balaban J connectivity index is 1.34. The molecule has 0 bridgehead atoms. The Bertz CT molecular complexity index is 1020. The second-order valence-corrected chi connectivity index (χ2v) is 6.85. The van der Waals surface area contributed by atoms with Gasteiger partial charge in [0.15, 0.2) is 0 Å². The van der Waals surface area contributed by atoms with Gasteiger partial charge in [0.1, 0.15) is 11.6 Å². The average molecular weight is 401 g/mol. The van der Waals surface area contributed by atoms with Gasteiger partial charge in [0, 0.05) is 36.9 Å². The van der Waals surface area contributed by atoms with Gasteiger partial charge in [-0.1, -0.05) is 24.3 Å². The second kappa shape index (κ2) is 7.57. The standard InChI is InChI=1S/C20H18F3N5O/c21-20(22,23)15-5-6-18(25-11-15)28-8-7-16(12-28)26-19(29)27-17-9-13-3-1-2-4-14(13)10-24-17/h1-6,9-11,16H,7-8,12H2,(H2,24,26,27,29)/t16-/m1/s1. The lowest BCUT2D eigenvalue weighted by Gasteiger charge is -2.18. The minimum atomic E-state index is -4.41. The van der Waals surface area contributed by atoms with Crippen molar-refractivity contribution in [3.05, 3.63) is 60.4 Å². The van der Waals surface area contributed by atoms with Crippen LogP contribution in [0.5, 0.6) is 0 Å². The lowest BCUT2D eigenvalue weighted by molar-refractivity contribution is -0.137. The molecule has 29 heavy (non-hydrogen) atoms. The van der Waals surface area contributed by atoms with Gasteiger partial charge in [-0.25, -0.2) is 14.8 Å². The number of urea groups is 1. The number of nitrogens with one attached hydrogen (secondary N) is 2. The highest BCUT2D eigenvalue weighted by Gasteiger charge is 2.31. The Labute approximate surface area is 164 Å². The predicted molar refractivity (Wildman–Crippen MR) is 104 cm³/mol. The van der Waals surface area contributed by atoms with E-state index in [2.05, 4.69) is 20.6 Å². The molecule has 1 atom stereocenters. The largest absolute Gasteiger partial charge is 0.417 e. The molecule has 0 unspecified atom stereocenters. The van der Waals surface area contributed by atoms with Crippen LogP contribution in [0.15, 0.2) is 54.9 Å². The normalized spacial score (nSPS) is 16.8. The van der Waals surface area contributed by atoms with Gasteiger partial charge in [-0.15, -0.1) is 0 Å². The smallest absolute Gasteiger partial charge is 0.354 e. The van der Waals surface area contributed by atoms with Gasteiger partial charge in [0.25, 0.3) is 0 Å². The zero-order valence-electron chi connectivity index (χ0n) is 15.3. The highest BCUT2D eigenvalue weighted by atomic mass is 19.4. The van der Waals surface area contributed by atoms with Crippen LogP contribution >= 0.6 is 0 Å². The molecule has 3 heterocycles. The number of benzene rings is 1. The minimum absolute atomic E-state index is 0.139. The molecule has 2 amide bonds. The number of carbonyl (C=O) groups excluding carboxylic acids is 1. The van der Waals surface area contributed by atoms with Crippen molar-refractivity contribution in [2.45, 2.75) is 18.6 Å². The van der Waals surface area contributed by atoms with Crippen LogP contribution in [-0.4, -0.2) is 35.1 Å². The summed E-state index contributed by atoms with van der Waals surface area (Å²) in [4.78, 5) is 22.3. The van der Waals surface area contributed by atoms with Crippen LogP contribution in [0.2, 0.25) is 0 Å². The van der Waals surface area contributed by atoms with E-state index in [0.29, 0.717) is 31.1 Å². The van der Waals surface area contributed by atoms with Gasteiger partial charge < -0.3 is 10.2 Å². The topological polar surface area (TPSA) is 70.2 Å². The van der Waals surface area contributed by atoms with Crippen LogP contribution < -0.4 is 15.5 Å². The summed E-state index contributed by atoms with van der Waals surface area (Å²) in [5.41, 5.74) is -0.780. The zero-order valence-corrected chi connectivity index (χ0v) is 15.3. The molecule has 150 valence electrons. The average Bonchev–Trinajstić information content (AvgIpc) is 3.15. The Morgan fingerprint density at radius 3 is 2.59 bits per heavy atom. The lowest BCUT2D eigenvalue weighted by atomic mass is 10.2. The summed E-state index contributed by atoms with van der Waals surface area (Å²) in [5, 5.41) is 7.54. The zero-order chi connectivity index (χ0) is 20.4. The fourth-order valence-electron chi connectivity index (χ4n) is 3.32. The van der Waals surface area contributed by atoms with Crippen LogP contribution in [0, 0.1) is 0 Å². The van der Waals surface area contributed by atoms with Crippen LogP contribution in [0.3, 0.4) is 0 Å². The molecule has 2 N–H and O–H groups in total. The Morgan fingerprint density at radius 2 is 1.86 bits per heavy atom. The highest BCUT2D eigenvalue weighted by Crippen LogP contribution is 2.30. The Hall–Kier alpha value is -3.36. The lowest BCUT2D eigenvalue weighted by Crippen LogP contribution is -2.40. The summed E-state index contributed by atoms with van der Waals surface area (Å²) in [6.45, 7) is 1.06. The van der Waals surface area contributed by atoms with E-state index in [4.69, 9.17) is 0 Å². The van der Waals surface area contributed by atoms with E-state index in [0.717, 1.165) is 23.0 Å². The Kier molecular flexibility index (Phi) is 4.96. The summed E-state index contributed by atoms with van der Waals surface area (Å²) < 4.78 is 38.0. The predicted octanol–water partition coefficient (Wildman–Crippen LogP) is 4.05. The minimum Gasteiger partial charge on any atom is -0.354 e. The van der Waals surface area contributed by atoms with E-state index in [1.165, 1.54) is 6.07 Å². The number of fused-ring (bicyclic) bond motifs is 1. The third-order valence-corrected chi connectivity index (χ3v) is 4.80. The number of alkyl halides is 3. The molecule has 9 heteroatoms. The SMILES string of the molecule is O=C(Nc1cc2ccccc2cn1)N[C@@H]1CCN(c2ccc(C(F)(F)F)cn2)C1. The molecule has 0 aliphatic carbocycles. The maximum absolute atomic E-state index is 12.7. The summed E-state index contributed by atoms with van der Waals surface area (Å²) in [7, 11) is 0. The maximum atomic E-state index is 12.7. The number of carbonyl (C=O) groups is 1. The van der Waals surface area contributed by atoms with Crippen molar-refractivity contribution in [1.82, 2.24) is 15.3 Å². The fourth-order valence-corrected chi connectivity index (χ4v) is 3.32. The maximum Gasteiger partial charge on any atom is 0.417 e. The van der Waals surface area contributed by atoms with E-state index in [-0.39, 0.29) is 12.1 Å². The molecule has 0 saturated carbocycles. The van der Waals surface area contributed by atoms with Crippen molar-refractivity contribution in [2.24, 2.45) is 0 Å². The highest BCUT2D eigenvalue weighted by molar-refractivity contribution is 5.91. The van der Waals surface area contributed by atoms with Gasteiger partial charge in [-0.05, 0) is 30.0 Å². The van der Waals surface area contributed by atoms with E-state index in [9.17, 15) is 18.0 Å². The number of nitrogens with zero attached hydrogens (tertiary/aromatic N) is 3. The third-order valence-electron chi connectivity index (χ3n) is 4.80. The van der Waals surface area contributed by atoms with Gasteiger partial charge >= 0.3 is 12.2 Å². The number of hydrogen-bond donors (Lipinski definition) is 2. The molecule has 1 fully saturated rings. The molecule has 0 radical (unpaired) electrons. The van der Waals surface area contributed by atoms with Gasteiger partial charge in [-0.2, -0.15) is 13.2 Å². The van der Waals surface area contributed by atoms with Crippen LogP contribution in [-0.2, 0) is 6.18 Å². The number of anilines is 2. The third kappa shape index (κ3) is 4.39. The molecule has 1 saturated heterocycles. The molecule has 6 nitrogen and oxygen atoms in total. The number of hydrogen-bond acceptors (Lipinski definition) is 4. The summed E-state index contributed by atoms with van der Waals surface area (Å²) in [5.74, 6) is 0.902. The van der Waals surface area contributed by atoms with Gasteiger partial charge in [-0.3, -0.25) is 5.32 Å². The molecule has 3 aromatic rings. The van der Waals surface area contributed by atoms with E-state index in [1.54, 1.807) is 12.3 Å². The number of amides is 2. The summed E-state index contributed by atoms with van der Waals surface area (Å²) in [6, 6.07) is 11.4. The van der Waals surface area contributed by atoms with Crippen molar-refractivity contribution in [1.29, 1.82) is 0 Å². The van der Waals surface area contributed by atoms with Crippen molar-refractivity contribution >= 4 is 28.4 Å². The van der Waals surface area contributed by atoms with Crippen LogP contribution in [0.1, 0.15) is 12.0 Å². The quantitative estimate of drug-likeness (QED) is 0.695. The fraction of sp³-hybridized carbons (Fsp3) is 0.250. The molecule has 1 aliphatic rings. The van der Waals surface area contributed by atoms with Crippen molar-refractivity contribution < 1.29 is 18.0 Å². The van der Waals surface area contributed by atoms with E-state index >= 15 is 0 Å². The van der Waals surface area contributed by atoms with Gasteiger partial charge in [0.2, 0.25) is 0 Å². The summed E-state index contributed by atoms with van der Waals surface area (Å²) in [6.07, 6.45) is -1.22. The molecule has 2 aromatic heterocycles. The summed E-state index contributed by atoms with van der Waals surface area (Å²) >= 11 is 0.